The van der Waals surface area contributed by atoms with Crippen molar-refractivity contribution >= 4 is 33.0 Å². The molecule has 1 saturated heterocycles. The van der Waals surface area contributed by atoms with Crippen molar-refractivity contribution in [3.8, 4) is 0 Å². The van der Waals surface area contributed by atoms with Crippen molar-refractivity contribution in [2.75, 3.05) is 13.1 Å². The summed E-state index contributed by atoms with van der Waals surface area (Å²) >= 11 is 7.07. The third-order valence-electron chi connectivity index (χ3n) is 3.10. The SMILES string of the molecule is Cc1cc(S(=O)(=O)N2C[C@@H](C)O[C@@H](C)C2)sc1CCl. The van der Waals surface area contributed by atoms with Crippen molar-refractivity contribution in [1.29, 1.82) is 0 Å². The monoisotopic (exact) mass is 323 g/mol. The fourth-order valence-electron chi connectivity index (χ4n) is 2.20. The number of ether oxygens (including phenoxy) is 1. The Hall–Kier alpha value is -0.140. The van der Waals surface area contributed by atoms with E-state index in [1.165, 1.54) is 15.6 Å². The number of rotatable bonds is 3. The first-order valence-electron chi connectivity index (χ1n) is 6.15. The molecule has 1 aromatic rings. The average Bonchev–Trinajstić information content (AvgIpc) is 2.70. The highest BCUT2D eigenvalue weighted by Gasteiger charge is 2.33. The van der Waals surface area contributed by atoms with Gasteiger partial charge in [-0.05, 0) is 32.4 Å². The van der Waals surface area contributed by atoms with Crippen molar-refractivity contribution in [1.82, 2.24) is 4.31 Å². The second kappa shape index (κ2) is 5.69. The molecule has 2 rings (SSSR count). The van der Waals surface area contributed by atoms with Gasteiger partial charge in [-0.3, -0.25) is 0 Å². The van der Waals surface area contributed by atoms with Crippen LogP contribution in [-0.4, -0.2) is 38.0 Å². The molecule has 0 saturated carbocycles. The zero-order valence-corrected chi connectivity index (χ0v) is 13.6. The zero-order chi connectivity index (χ0) is 14.2. The van der Waals surface area contributed by atoms with Gasteiger partial charge in [-0.2, -0.15) is 4.31 Å². The molecule has 2 heterocycles. The molecule has 1 fully saturated rings. The van der Waals surface area contributed by atoms with E-state index in [1.807, 2.05) is 20.8 Å². The molecule has 0 bridgehead atoms. The molecule has 2 atom stereocenters. The first-order chi connectivity index (χ1) is 8.84. The summed E-state index contributed by atoms with van der Waals surface area (Å²) < 4.78 is 32.7. The maximum Gasteiger partial charge on any atom is 0.252 e. The van der Waals surface area contributed by atoms with Gasteiger partial charge in [-0.15, -0.1) is 22.9 Å². The van der Waals surface area contributed by atoms with Crippen LogP contribution in [0.3, 0.4) is 0 Å². The lowest BCUT2D eigenvalue weighted by Crippen LogP contribution is -2.47. The van der Waals surface area contributed by atoms with E-state index in [4.69, 9.17) is 16.3 Å². The minimum Gasteiger partial charge on any atom is -0.373 e. The van der Waals surface area contributed by atoms with E-state index >= 15 is 0 Å². The Bertz CT molecular complexity index is 545. The summed E-state index contributed by atoms with van der Waals surface area (Å²) in [5.74, 6) is 0.349. The predicted molar refractivity (Wildman–Crippen MR) is 77.4 cm³/mol. The molecule has 0 spiro atoms. The fraction of sp³-hybridized carbons (Fsp3) is 0.667. The highest BCUT2D eigenvalue weighted by Crippen LogP contribution is 2.30. The van der Waals surface area contributed by atoms with Gasteiger partial charge in [0.15, 0.2) is 0 Å². The summed E-state index contributed by atoms with van der Waals surface area (Å²) in [5.41, 5.74) is 0.938. The van der Waals surface area contributed by atoms with Crippen LogP contribution in [0.1, 0.15) is 24.3 Å². The van der Waals surface area contributed by atoms with Crippen LogP contribution in [0.5, 0.6) is 0 Å². The Kier molecular flexibility index (Phi) is 4.57. The summed E-state index contributed by atoms with van der Waals surface area (Å²) in [6, 6.07) is 1.71. The molecule has 0 radical (unpaired) electrons. The van der Waals surface area contributed by atoms with Crippen molar-refractivity contribution in [2.24, 2.45) is 0 Å². The van der Waals surface area contributed by atoms with Crippen LogP contribution >= 0.6 is 22.9 Å². The maximum atomic E-state index is 12.6. The lowest BCUT2D eigenvalue weighted by Gasteiger charge is -2.34. The number of thiophene rings is 1. The fourth-order valence-corrected chi connectivity index (χ4v) is 5.76. The van der Waals surface area contributed by atoms with E-state index < -0.39 is 10.0 Å². The van der Waals surface area contributed by atoms with Crippen molar-refractivity contribution in [3.05, 3.63) is 16.5 Å². The number of hydrogen-bond donors (Lipinski definition) is 0. The molecule has 0 N–H and O–H groups in total. The molecular weight excluding hydrogens is 306 g/mol. The van der Waals surface area contributed by atoms with Crippen LogP contribution in [0, 0.1) is 6.92 Å². The molecule has 1 aromatic heterocycles. The molecular formula is C12H18ClNO3S2. The Balaban J connectivity index is 2.30. The number of aryl methyl sites for hydroxylation is 1. The molecule has 19 heavy (non-hydrogen) atoms. The van der Waals surface area contributed by atoms with Crippen molar-refractivity contribution < 1.29 is 13.2 Å². The van der Waals surface area contributed by atoms with E-state index in [-0.39, 0.29) is 12.2 Å². The zero-order valence-electron chi connectivity index (χ0n) is 11.2. The van der Waals surface area contributed by atoms with Gasteiger partial charge in [-0.25, -0.2) is 8.42 Å². The van der Waals surface area contributed by atoms with Gasteiger partial charge >= 0.3 is 0 Å². The van der Waals surface area contributed by atoms with Crippen molar-refractivity contribution in [3.63, 3.8) is 0 Å². The third kappa shape index (κ3) is 3.13. The molecule has 108 valence electrons. The minimum atomic E-state index is -3.43. The highest BCUT2D eigenvalue weighted by atomic mass is 35.5. The minimum absolute atomic E-state index is 0.0768. The topological polar surface area (TPSA) is 46.6 Å². The molecule has 7 heteroatoms. The molecule has 4 nitrogen and oxygen atoms in total. The predicted octanol–water partition coefficient (Wildman–Crippen LogP) is 2.59. The normalized spacial score (nSPS) is 25.7. The largest absolute Gasteiger partial charge is 0.373 e. The number of hydrogen-bond acceptors (Lipinski definition) is 4. The Morgan fingerprint density at radius 1 is 1.42 bits per heavy atom. The van der Waals surface area contributed by atoms with E-state index in [2.05, 4.69) is 0 Å². The summed E-state index contributed by atoms with van der Waals surface area (Å²) in [7, 11) is -3.43. The quantitative estimate of drug-likeness (QED) is 0.803. The van der Waals surface area contributed by atoms with E-state index in [1.54, 1.807) is 6.07 Å². The Morgan fingerprint density at radius 2 is 2.00 bits per heavy atom. The highest BCUT2D eigenvalue weighted by molar-refractivity contribution is 7.91. The summed E-state index contributed by atoms with van der Waals surface area (Å²) in [6.45, 7) is 6.47. The lowest BCUT2D eigenvalue weighted by molar-refractivity contribution is -0.0440. The standard InChI is InChI=1S/C12H18ClNO3S2/c1-8-4-12(18-11(8)5-13)19(15,16)14-6-9(2)17-10(3)7-14/h4,9-10H,5-7H2,1-3H3/t9-,10+. The smallest absolute Gasteiger partial charge is 0.252 e. The first-order valence-corrected chi connectivity index (χ1v) is 8.94. The van der Waals surface area contributed by atoms with Gasteiger partial charge in [0.2, 0.25) is 0 Å². The molecule has 1 aliphatic heterocycles. The molecule has 0 unspecified atom stereocenters. The third-order valence-corrected chi connectivity index (χ3v) is 7.04. The van der Waals surface area contributed by atoms with Gasteiger partial charge in [0.05, 0.1) is 18.1 Å². The number of halogens is 1. The van der Waals surface area contributed by atoms with Crippen LogP contribution in [0.4, 0.5) is 0 Å². The van der Waals surface area contributed by atoms with Gasteiger partial charge in [-0.1, -0.05) is 0 Å². The molecule has 0 amide bonds. The summed E-state index contributed by atoms with van der Waals surface area (Å²) in [4.78, 5) is 0.912. The maximum absolute atomic E-state index is 12.6. The van der Waals surface area contributed by atoms with Gasteiger partial charge in [0.25, 0.3) is 10.0 Å². The van der Waals surface area contributed by atoms with Gasteiger partial charge < -0.3 is 4.74 Å². The summed E-state index contributed by atoms with van der Waals surface area (Å²) in [6.07, 6.45) is -0.154. The van der Waals surface area contributed by atoms with Crippen molar-refractivity contribution in [2.45, 2.75) is 43.1 Å². The van der Waals surface area contributed by atoms with E-state index in [0.29, 0.717) is 23.2 Å². The number of sulfonamides is 1. The van der Waals surface area contributed by atoms with Gasteiger partial charge in [0.1, 0.15) is 4.21 Å². The van der Waals surface area contributed by atoms with E-state index in [0.717, 1.165) is 10.4 Å². The van der Waals surface area contributed by atoms with Crippen LogP contribution < -0.4 is 0 Å². The Labute approximate surface area is 123 Å². The molecule has 1 aliphatic rings. The van der Waals surface area contributed by atoms with Crippen LogP contribution in [-0.2, 0) is 20.6 Å². The summed E-state index contributed by atoms with van der Waals surface area (Å²) in [5, 5.41) is 0. The Morgan fingerprint density at radius 3 is 2.47 bits per heavy atom. The number of morpholine rings is 1. The first kappa shape index (κ1) is 15.3. The lowest BCUT2D eigenvalue weighted by atomic mass is 10.3. The number of alkyl halides is 1. The average molecular weight is 324 g/mol. The molecule has 0 aromatic carbocycles. The van der Waals surface area contributed by atoms with Crippen LogP contribution in [0.2, 0.25) is 0 Å². The second-order valence-electron chi connectivity index (χ2n) is 4.88. The van der Waals surface area contributed by atoms with Crippen LogP contribution in [0.15, 0.2) is 10.3 Å². The van der Waals surface area contributed by atoms with Gasteiger partial charge in [0, 0.05) is 18.0 Å². The second-order valence-corrected chi connectivity index (χ2v) is 8.45. The van der Waals surface area contributed by atoms with Crippen LogP contribution in [0.25, 0.3) is 0 Å². The van der Waals surface area contributed by atoms with E-state index in [9.17, 15) is 8.42 Å². The number of nitrogens with zero attached hydrogens (tertiary/aromatic N) is 1. The molecule has 0 aliphatic carbocycles.